The molecule has 0 saturated carbocycles. The van der Waals surface area contributed by atoms with Crippen molar-refractivity contribution in [1.82, 2.24) is 0 Å². The third-order valence-electron chi connectivity index (χ3n) is 2.48. The normalized spacial score (nSPS) is 10.4. The van der Waals surface area contributed by atoms with Gasteiger partial charge in [0.2, 0.25) is 0 Å². The van der Waals surface area contributed by atoms with E-state index in [1.165, 1.54) is 23.5 Å². The highest BCUT2D eigenvalue weighted by atomic mass is 35.5. The molecule has 1 aromatic carbocycles. The zero-order valence-electron chi connectivity index (χ0n) is 9.69. The summed E-state index contributed by atoms with van der Waals surface area (Å²) in [5.74, 6) is -0.343. The van der Waals surface area contributed by atoms with Crippen LogP contribution in [0.4, 0.5) is 10.1 Å². The predicted octanol–water partition coefficient (Wildman–Crippen LogP) is 3.86. The second kappa shape index (κ2) is 5.50. The van der Waals surface area contributed by atoms with Gasteiger partial charge in [0.1, 0.15) is 5.82 Å². The molecule has 0 spiro atoms. The number of halogens is 2. The van der Waals surface area contributed by atoms with Crippen molar-refractivity contribution in [3.63, 3.8) is 0 Å². The summed E-state index contributed by atoms with van der Waals surface area (Å²) in [5, 5.41) is 0. The summed E-state index contributed by atoms with van der Waals surface area (Å²) in [6, 6.07) is 9.55. The summed E-state index contributed by atoms with van der Waals surface area (Å²) in [4.78, 5) is 14.3. The number of Topliss-reactive ketones (excluding diaryl/α,β-unsaturated/α-hetero) is 1. The van der Waals surface area contributed by atoms with Crippen molar-refractivity contribution in [1.29, 1.82) is 0 Å². The monoisotopic (exact) mass is 283 g/mol. The maximum Gasteiger partial charge on any atom is 0.192 e. The molecular formula is C13H11ClFNOS. The molecule has 0 amide bonds. The van der Waals surface area contributed by atoms with Gasteiger partial charge in [0.15, 0.2) is 5.78 Å². The number of anilines is 1. The number of carbonyl (C=O) groups is 1. The van der Waals surface area contributed by atoms with Crippen LogP contribution in [0.15, 0.2) is 36.4 Å². The summed E-state index contributed by atoms with van der Waals surface area (Å²) in [5.41, 5.74) is 0.672. The summed E-state index contributed by atoms with van der Waals surface area (Å²) < 4.78 is 13.7. The predicted molar refractivity (Wildman–Crippen MR) is 73.3 cm³/mol. The Hall–Kier alpha value is -1.39. The van der Waals surface area contributed by atoms with Crippen LogP contribution in [0, 0.1) is 5.82 Å². The molecule has 0 fully saturated rings. The molecule has 0 unspecified atom stereocenters. The lowest BCUT2D eigenvalue weighted by atomic mass is 10.2. The number of likely N-dealkylation sites (N-methyl/N-ethyl adjacent to an activating group) is 1. The zero-order chi connectivity index (χ0) is 13.1. The van der Waals surface area contributed by atoms with Gasteiger partial charge in [-0.15, -0.1) is 11.3 Å². The fourth-order valence-electron chi connectivity index (χ4n) is 1.56. The maximum atomic E-state index is 13.1. The number of hydrogen-bond donors (Lipinski definition) is 0. The first-order chi connectivity index (χ1) is 8.56. The summed E-state index contributed by atoms with van der Waals surface area (Å²) in [6.07, 6.45) is 0. The van der Waals surface area contributed by atoms with E-state index in [9.17, 15) is 9.18 Å². The highest BCUT2D eigenvalue weighted by molar-refractivity contribution is 7.18. The molecule has 94 valence electrons. The van der Waals surface area contributed by atoms with E-state index in [1.54, 1.807) is 36.2 Å². The molecule has 0 N–H and O–H groups in total. The minimum absolute atomic E-state index is 0.0290. The first-order valence-corrected chi connectivity index (χ1v) is 6.51. The highest BCUT2D eigenvalue weighted by Gasteiger charge is 2.12. The van der Waals surface area contributed by atoms with Crippen LogP contribution in [-0.2, 0) is 0 Å². The standard InChI is InChI=1S/C13H11ClFNOS/c1-16(10-4-2-3-9(15)7-10)8-11(17)12-5-6-13(14)18-12/h2-7H,8H2,1H3. The molecule has 0 aliphatic carbocycles. The van der Waals surface area contributed by atoms with Crippen LogP contribution < -0.4 is 4.90 Å². The number of ketones is 1. The molecule has 0 radical (unpaired) electrons. The molecule has 0 saturated heterocycles. The fraction of sp³-hybridized carbons (Fsp3) is 0.154. The van der Waals surface area contributed by atoms with Crippen LogP contribution in [0.5, 0.6) is 0 Å². The Bertz CT molecular complexity index is 570. The first-order valence-electron chi connectivity index (χ1n) is 5.31. The third-order valence-corrected chi connectivity index (χ3v) is 3.75. The van der Waals surface area contributed by atoms with Crippen LogP contribution >= 0.6 is 22.9 Å². The second-order valence-corrected chi connectivity index (χ2v) is 5.58. The first kappa shape index (κ1) is 13.1. The molecule has 5 heteroatoms. The van der Waals surface area contributed by atoms with Crippen LogP contribution in [0.1, 0.15) is 9.67 Å². The van der Waals surface area contributed by atoms with Gasteiger partial charge in [-0.1, -0.05) is 17.7 Å². The number of rotatable bonds is 4. The van der Waals surface area contributed by atoms with Crippen molar-refractivity contribution in [2.24, 2.45) is 0 Å². The third kappa shape index (κ3) is 3.09. The van der Waals surface area contributed by atoms with E-state index in [0.29, 0.717) is 14.9 Å². The topological polar surface area (TPSA) is 20.3 Å². The zero-order valence-corrected chi connectivity index (χ0v) is 11.3. The Morgan fingerprint density at radius 1 is 1.39 bits per heavy atom. The van der Waals surface area contributed by atoms with Crippen molar-refractivity contribution in [2.45, 2.75) is 0 Å². The fourth-order valence-corrected chi connectivity index (χ4v) is 2.54. The lowest BCUT2D eigenvalue weighted by Gasteiger charge is -2.17. The lowest BCUT2D eigenvalue weighted by molar-refractivity contribution is 0.100. The Morgan fingerprint density at radius 2 is 2.17 bits per heavy atom. The van der Waals surface area contributed by atoms with Gasteiger partial charge in [-0.2, -0.15) is 0 Å². The molecule has 1 heterocycles. The van der Waals surface area contributed by atoms with E-state index in [-0.39, 0.29) is 18.1 Å². The second-order valence-electron chi connectivity index (χ2n) is 3.86. The Morgan fingerprint density at radius 3 is 2.78 bits per heavy atom. The molecule has 0 bridgehead atoms. The molecule has 2 rings (SSSR count). The number of benzene rings is 1. The van der Waals surface area contributed by atoms with Crippen molar-refractivity contribution in [2.75, 3.05) is 18.5 Å². The van der Waals surface area contributed by atoms with Gasteiger partial charge in [0.05, 0.1) is 15.8 Å². The average Bonchev–Trinajstić information content (AvgIpc) is 2.76. The minimum atomic E-state index is -0.314. The average molecular weight is 284 g/mol. The number of thiophene rings is 1. The Balaban J connectivity index is 2.07. The van der Waals surface area contributed by atoms with Gasteiger partial charge in [-0.05, 0) is 30.3 Å². The smallest absolute Gasteiger partial charge is 0.192 e. The van der Waals surface area contributed by atoms with E-state index in [0.717, 1.165) is 0 Å². The quantitative estimate of drug-likeness (QED) is 0.794. The van der Waals surface area contributed by atoms with Gasteiger partial charge in [0.25, 0.3) is 0 Å². The minimum Gasteiger partial charge on any atom is -0.367 e. The molecular weight excluding hydrogens is 273 g/mol. The van der Waals surface area contributed by atoms with Crippen molar-refractivity contribution >= 4 is 34.4 Å². The van der Waals surface area contributed by atoms with Crippen LogP contribution in [-0.4, -0.2) is 19.4 Å². The lowest BCUT2D eigenvalue weighted by Crippen LogP contribution is -2.25. The van der Waals surface area contributed by atoms with Gasteiger partial charge in [-0.3, -0.25) is 4.79 Å². The van der Waals surface area contributed by atoms with Gasteiger partial charge < -0.3 is 4.90 Å². The van der Waals surface area contributed by atoms with Gasteiger partial charge in [0, 0.05) is 12.7 Å². The van der Waals surface area contributed by atoms with E-state index < -0.39 is 0 Å². The summed E-state index contributed by atoms with van der Waals surface area (Å²) in [6.45, 7) is 0.195. The van der Waals surface area contributed by atoms with Crippen molar-refractivity contribution < 1.29 is 9.18 Å². The van der Waals surface area contributed by atoms with Crippen LogP contribution in [0.3, 0.4) is 0 Å². The van der Waals surface area contributed by atoms with E-state index in [4.69, 9.17) is 11.6 Å². The molecule has 2 aromatic rings. The van der Waals surface area contributed by atoms with Gasteiger partial charge >= 0.3 is 0 Å². The molecule has 0 aliphatic rings. The molecule has 1 aromatic heterocycles. The van der Waals surface area contributed by atoms with E-state index >= 15 is 0 Å². The van der Waals surface area contributed by atoms with Crippen LogP contribution in [0.2, 0.25) is 4.34 Å². The number of hydrogen-bond acceptors (Lipinski definition) is 3. The Kier molecular flexibility index (Phi) is 3.99. The largest absolute Gasteiger partial charge is 0.367 e. The Labute approximate surface area is 114 Å². The van der Waals surface area contributed by atoms with Gasteiger partial charge in [-0.25, -0.2) is 4.39 Å². The summed E-state index contributed by atoms with van der Waals surface area (Å²) in [7, 11) is 1.75. The SMILES string of the molecule is CN(CC(=O)c1ccc(Cl)s1)c1cccc(F)c1. The van der Waals surface area contributed by atoms with E-state index in [1.807, 2.05) is 0 Å². The molecule has 2 nitrogen and oxygen atoms in total. The van der Waals surface area contributed by atoms with Crippen LogP contribution in [0.25, 0.3) is 0 Å². The molecule has 0 aliphatic heterocycles. The van der Waals surface area contributed by atoms with E-state index in [2.05, 4.69) is 0 Å². The molecule has 0 atom stereocenters. The van der Waals surface area contributed by atoms with Crippen molar-refractivity contribution in [3.8, 4) is 0 Å². The molecule has 18 heavy (non-hydrogen) atoms. The maximum absolute atomic E-state index is 13.1. The number of carbonyl (C=O) groups excluding carboxylic acids is 1. The highest BCUT2D eigenvalue weighted by Crippen LogP contribution is 2.22. The summed E-state index contributed by atoms with van der Waals surface area (Å²) >= 11 is 7.03. The number of nitrogens with zero attached hydrogens (tertiary/aromatic N) is 1. The van der Waals surface area contributed by atoms with Crippen molar-refractivity contribution in [3.05, 3.63) is 51.4 Å².